The van der Waals surface area contributed by atoms with E-state index >= 15 is 0 Å². The molecule has 0 saturated heterocycles. The van der Waals surface area contributed by atoms with Crippen molar-refractivity contribution >= 4 is 9.84 Å². The van der Waals surface area contributed by atoms with Gasteiger partial charge in [0, 0.05) is 6.92 Å². The third kappa shape index (κ3) is 5.03. The van der Waals surface area contributed by atoms with Crippen molar-refractivity contribution in [1.82, 2.24) is 0 Å². The average Bonchev–Trinajstić information content (AvgIpc) is 2.76. The minimum absolute atomic E-state index is 0.156. The summed E-state index contributed by atoms with van der Waals surface area (Å²) >= 11 is 0. The highest BCUT2D eigenvalue weighted by molar-refractivity contribution is 7.91. The maximum Gasteiger partial charge on any atom is 0.385 e. The molecule has 0 heterocycles. The molecule has 1 aromatic carbocycles. The zero-order chi connectivity index (χ0) is 34.2. The number of alkyl halides is 20. The van der Waals surface area contributed by atoms with E-state index in [1.54, 1.807) is 0 Å². The van der Waals surface area contributed by atoms with Crippen LogP contribution in [0.2, 0.25) is 0 Å². The Hall–Kier alpha value is -2.23. The summed E-state index contributed by atoms with van der Waals surface area (Å²) in [6.45, 7) is -0.171. The van der Waals surface area contributed by atoms with E-state index < -0.39 is 86.6 Å². The number of sulfone groups is 1. The van der Waals surface area contributed by atoms with Crippen LogP contribution in [0, 0.1) is 6.92 Å². The van der Waals surface area contributed by atoms with Crippen LogP contribution in [0.5, 0.6) is 0 Å². The predicted octanol–water partition coefficient (Wildman–Crippen LogP) is 8.14. The molecule has 0 spiro atoms. The van der Waals surface area contributed by atoms with Gasteiger partial charge in [-0.05, 0) is 19.1 Å². The van der Waals surface area contributed by atoms with Gasteiger partial charge in [-0.1, -0.05) is 17.7 Å². The molecule has 2 nitrogen and oxygen atoms in total. The van der Waals surface area contributed by atoms with Gasteiger partial charge >= 0.3 is 59.2 Å². The number of benzene rings is 1. The standard InChI is InChI=1S/C19H12F20O2S/c1-8-3-5-9(6-4-8)42(40,41)7-11(22,23)13(26,27)15(30,31)17(34,35)19(38,39)18(36,37)16(32,33)14(28,29)12(24,25)10(2,20)21/h3-6H,7H2,1-2H3. The summed E-state index contributed by atoms with van der Waals surface area (Å²) in [5, 5.41) is 0. The Kier molecular flexibility index (Phi) is 8.90. The van der Waals surface area contributed by atoms with Crippen LogP contribution in [0.3, 0.4) is 0 Å². The van der Waals surface area contributed by atoms with Crippen molar-refractivity contribution in [2.45, 2.75) is 78.0 Å². The molecule has 0 aromatic heterocycles. The lowest BCUT2D eigenvalue weighted by molar-refractivity contribution is -0.467. The Morgan fingerprint density at radius 3 is 1.02 bits per heavy atom. The summed E-state index contributed by atoms with van der Waals surface area (Å²) in [5.74, 6) is -87.1. The van der Waals surface area contributed by atoms with E-state index in [1.807, 2.05) is 0 Å². The van der Waals surface area contributed by atoms with Gasteiger partial charge in [0.25, 0.3) is 0 Å². The number of aryl methyl sites for hydroxylation is 1. The summed E-state index contributed by atoms with van der Waals surface area (Å²) in [4.78, 5) is -1.41. The van der Waals surface area contributed by atoms with E-state index in [2.05, 4.69) is 0 Å². The van der Waals surface area contributed by atoms with Crippen molar-refractivity contribution in [3.8, 4) is 0 Å². The van der Waals surface area contributed by atoms with Gasteiger partial charge in [0.15, 0.2) is 9.84 Å². The van der Waals surface area contributed by atoms with Crippen molar-refractivity contribution < 1.29 is 96.2 Å². The molecule has 246 valence electrons. The van der Waals surface area contributed by atoms with Crippen LogP contribution in [-0.2, 0) is 9.84 Å². The van der Waals surface area contributed by atoms with E-state index in [0.717, 1.165) is 12.1 Å². The lowest BCUT2D eigenvalue weighted by atomic mass is 9.85. The van der Waals surface area contributed by atoms with Crippen molar-refractivity contribution in [2.24, 2.45) is 0 Å². The van der Waals surface area contributed by atoms with Crippen LogP contribution in [0.4, 0.5) is 87.8 Å². The molecule has 0 bridgehead atoms. The number of halogens is 20. The second-order valence-corrected chi connectivity index (χ2v) is 10.7. The normalized spacial score (nSPS) is 16.1. The lowest BCUT2D eigenvalue weighted by Crippen LogP contribution is -2.77. The van der Waals surface area contributed by atoms with E-state index in [9.17, 15) is 96.2 Å². The van der Waals surface area contributed by atoms with E-state index in [1.165, 1.54) is 6.92 Å². The van der Waals surface area contributed by atoms with Gasteiger partial charge in [0.05, 0.1) is 4.90 Å². The third-order valence-electron chi connectivity index (χ3n) is 5.52. The highest BCUT2D eigenvalue weighted by Gasteiger charge is 2.97. The molecular weight excluding hydrogens is 672 g/mol. The number of rotatable bonds is 12. The molecule has 0 unspecified atom stereocenters. The Bertz CT molecular complexity index is 1240. The van der Waals surface area contributed by atoms with Gasteiger partial charge < -0.3 is 0 Å². The summed E-state index contributed by atoms with van der Waals surface area (Å²) in [6, 6.07) is 2.28. The summed E-state index contributed by atoms with van der Waals surface area (Å²) in [6.07, 6.45) is 0. The first kappa shape index (κ1) is 37.8. The molecule has 0 aliphatic carbocycles. The van der Waals surface area contributed by atoms with Gasteiger partial charge in [-0.3, -0.25) is 0 Å². The highest BCUT2D eigenvalue weighted by atomic mass is 32.2. The highest BCUT2D eigenvalue weighted by Crippen LogP contribution is 2.66. The van der Waals surface area contributed by atoms with Crippen LogP contribution < -0.4 is 0 Å². The van der Waals surface area contributed by atoms with Crippen molar-refractivity contribution in [3.63, 3.8) is 0 Å². The predicted molar refractivity (Wildman–Crippen MR) is 98.4 cm³/mol. The average molecular weight is 684 g/mol. The molecule has 0 aliphatic rings. The first-order valence-corrected chi connectivity index (χ1v) is 11.7. The quantitative estimate of drug-likeness (QED) is 0.209. The molecule has 42 heavy (non-hydrogen) atoms. The second kappa shape index (κ2) is 9.89. The first-order valence-electron chi connectivity index (χ1n) is 10.0. The topological polar surface area (TPSA) is 34.1 Å². The summed E-state index contributed by atoms with van der Waals surface area (Å²) < 4.78 is 297. The minimum atomic E-state index is -9.16. The largest absolute Gasteiger partial charge is 0.385 e. The Labute approximate surface area is 220 Å². The second-order valence-electron chi connectivity index (χ2n) is 8.76. The third-order valence-corrected chi connectivity index (χ3v) is 7.26. The van der Waals surface area contributed by atoms with Crippen molar-refractivity contribution in [1.29, 1.82) is 0 Å². The maximum atomic E-state index is 14.1. The van der Waals surface area contributed by atoms with Crippen LogP contribution in [0.1, 0.15) is 12.5 Å². The smallest absolute Gasteiger partial charge is 0.223 e. The fraction of sp³-hybridized carbons (Fsp3) is 0.684. The first-order chi connectivity index (χ1) is 18.0. The molecule has 0 radical (unpaired) electrons. The van der Waals surface area contributed by atoms with Gasteiger partial charge in [-0.15, -0.1) is 0 Å². The monoisotopic (exact) mass is 684 g/mol. The van der Waals surface area contributed by atoms with Crippen LogP contribution >= 0.6 is 0 Å². The number of hydrogen-bond acceptors (Lipinski definition) is 2. The maximum absolute atomic E-state index is 14.1. The minimum Gasteiger partial charge on any atom is -0.223 e. The fourth-order valence-corrected chi connectivity index (χ4v) is 4.22. The van der Waals surface area contributed by atoms with Crippen LogP contribution in [-0.4, -0.2) is 73.4 Å². The van der Waals surface area contributed by atoms with Gasteiger partial charge in [0.2, 0.25) is 0 Å². The Morgan fingerprint density at radius 1 is 0.476 bits per heavy atom. The molecule has 0 fully saturated rings. The Morgan fingerprint density at radius 2 is 0.738 bits per heavy atom. The van der Waals surface area contributed by atoms with Crippen LogP contribution in [0.25, 0.3) is 0 Å². The lowest BCUT2D eigenvalue weighted by Gasteiger charge is -2.44. The fourth-order valence-electron chi connectivity index (χ4n) is 2.85. The summed E-state index contributed by atoms with van der Waals surface area (Å²) in [7, 11) is -5.98. The van der Waals surface area contributed by atoms with Crippen molar-refractivity contribution in [3.05, 3.63) is 29.8 Å². The molecule has 0 aliphatic heterocycles. The van der Waals surface area contributed by atoms with E-state index in [-0.39, 0.29) is 5.56 Å². The molecule has 1 rings (SSSR count). The molecule has 0 N–H and O–H groups in total. The zero-order valence-corrected chi connectivity index (χ0v) is 20.6. The van der Waals surface area contributed by atoms with Gasteiger partial charge in [-0.2, -0.15) is 87.8 Å². The summed E-state index contributed by atoms with van der Waals surface area (Å²) in [5.41, 5.74) is 0.156. The SMILES string of the molecule is Cc1ccc(S(=O)(=O)CC(F)(F)C(F)(F)C(F)(F)C(F)(F)C(F)(F)C(F)(F)C(F)(F)C(F)(F)C(F)(F)C(C)(F)F)cc1. The van der Waals surface area contributed by atoms with E-state index in [4.69, 9.17) is 0 Å². The van der Waals surface area contributed by atoms with Gasteiger partial charge in [-0.25, -0.2) is 8.42 Å². The molecule has 0 saturated carbocycles. The van der Waals surface area contributed by atoms with Crippen molar-refractivity contribution in [2.75, 3.05) is 5.75 Å². The molecule has 23 heteroatoms. The molecule has 0 amide bonds. The van der Waals surface area contributed by atoms with Gasteiger partial charge in [0.1, 0.15) is 5.75 Å². The molecule has 0 atom stereocenters. The Balaban J connectivity index is 3.76. The molecule has 1 aromatic rings. The number of hydrogen-bond donors (Lipinski definition) is 0. The zero-order valence-electron chi connectivity index (χ0n) is 19.8. The van der Waals surface area contributed by atoms with Crippen LogP contribution in [0.15, 0.2) is 29.2 Å². The van der Waals surface area contributed by atoms with E-state index in [0.29, 0.717) is 12.1 Å². The molecular formula is C19H12F20O2S.